The van der Waals surface area contributed by atoms with Crippen molar-refractivity contribution in [2.45, 2.75) is 26.8 Å². The minimum absolute atomic E-state index is 0.227. The molecule has 6 nitrogen and oxygen atoms in total. The van der Waals surface area contributed by atoms with Gasteiger partial charge in [-0.05, 0) is 13.3 Å². The zero-order chi connectivity index (χ0) is 10.1. The van der Waals surface area contributed by atoms with Crippen molar-refractivity contribution >= 4 is 11.2 Å². The van der Waals surface area contributed by atoms with Crippen LogP contribution in [0.25, 0.3) is 11.2 Å². The van der Waals surface area contributed by atoms with E-state index in [0.717, 1.165) is 13.0 Å². The van der Waals surface area contributed by atoms with Gasteiger partial charge in [0.2, 0.25) is 0 Å². The van der Waals surface area contributed by atoms with Crippen LogP contribution in [0.5, 0.6) is 0 Å². The smallest absolute Gasteiger partial charge is 0.281 e. The molecule has 0 saturated heterocycles. The van der Waals surface area contributed by atoms with Crippen LogP contribution in [0.4, 0.5) is 0 Å². The van der Waals surface area contributed by atoms with E-state index in [1.54, 1.807) is 11.6 Å². The summed E-state index contributed by atoms with van der Waals surface area (Å²) in [4.78, 5) is 18.2. The number of aryl methyl sites for hydroxylation is 2. The van der Waals surface area contributed by atoms with E-state index >= 15 is 0 Å². The van der Waals surface area contributed by atoms with Crippen molar-refractivity contribution in [2.75, 3.05) is 0 Å². The highest BCUT2D eigenvalue weighted by Crippen LogP contribution is 2.02. The van der Waals surface area contributed by atoms with Gasteiger partial charge < -0.3 is 4.98 Å². The zero-order valence-electron chi connectivity index (χ0n) is 8.11. The number of nitrogens with one attached hydrogen (secondary N) is 1. The second-order valence-electron chi connectivity index (χ2n) is 3.14. The summed E-state index contributed by atoms with van der Waals surface area (Å²) in [6.45, 7) is 4.50. The molecule has 0 fully saturated rings. The molecule has 2 rings (SSSR count). The third-order valence-electron chi connectivity index (χ3n) is 1.93. The van der Waals surface area contributed by atoms with E-state index in [9.17, 15) is 4.79 Å². The Bertz CT molecular complexity index is 512. The van der Waals surface area contributed by atoms with Crippen molar-refractivity contribution in [1.29, 1.82) is 0 Å². The lowest BCUT2D eigenvalue weighted by Gasteiger charge is -1.97. The van der Waals surface area contributed by atoms with Crippen molar-refractivity contribution in [2.24, 2.45) is 0 Å². The maximum Gasteiger partial charge on any atom is 0.281 e. The lowest BCUT2D eigenvalue weighted by atomic mass is 10.4. The van der Waals surface area contributed by atoms with Gasteiger partial charge >= 0.3 is 0 Å². The van der Waals surface area contributed by atoms with Crippen LogP contribution < -0.4 is 5.56 Å². The van der Waals surface area contributed by atoms with E-state index in [0.29, 0.717) is 17.0 Å². The highest BCUT2D eigenvalue weighted by Gasteiger charge is 2.08. The fourth-order valence-corrected chi connectivity index (χ4v) is 1.34. The van der Waals surface area contributed by atoms with E-state index in [-0.39, 0.29) is 5.56 Å². The highest BCUT2D eigenvalue weighted by atomic mass is 16.1. The highest BCUT2D eigenvalue weighted by molar-refractivity contribution is 5.67. The molecule has 14 heavy (non-hydrogen) atoms. The molecule has 2 heterocycles. The predicted molar refractivity (Wildman–Crippen MR) is 51.0 cm³/mol. The Kier molecular flexibility index (Phi) is 2.03. The summed E-state index contributed by atoms with van der Waals surface area (Å²) < 4.78 is 1.65. The summed E-state index contributed by atoms with van der Waals surface area (Å²) in [7, 11) is 0. The van der Waals surface area contributed by atoms with Crippen LogP contribution in [0, 0.1) is 6.92 Å². The molecule has 6 heteroatoms. The van der Waals surface area contributed by atoms with Gasteiger partial charge in [0.25, 0.3) is 5.56 Å². The Labute approximate surface area is 80.0 Å². The van der Waals surface area contributed by atoms with Crippen molar-refractivity contribution in [1.82, 2.24) is 25.0 Å². The first-order valence-corrected chi connectivity index (χ1v) is 4.52. The molecule has 2 aromatic heterocycles. The van der Waals surface area contributed by atoms with Gasteiger partial charge in [0.15, 0.2) is 11.2 Å². The number of hydrogen-bond donors (Lipinski definition) is 1. The van der Waals surface area contributed by atoms with E-state index in [2.05, 4.69) is 20.3 Å². The van der Waals surface area contributed by atoms with Crippen molar-refractivity contribution in [3.05, 3.63) is 16.2 Å². The van der Waals surface area contributed by atoms with E-state index < -0.39 is 0 Å². The van der Waals surface area contributed by atoms with Gasteiger partial charge in [0.1, 0.15) is 5.82 Å². The quantitative estimate of drug-likeness (QED) is 0.740. The topological polar surface area (TPSA) is 76.5 Å². The van der Waals surface area contributed by atoms with Crippen molar-refractivity contribution in [3.63, 3.8) is 0 Å². The van der Waals surface area contributed by atoms with Gasteiger partial charge in [-0.1, -0.05) is 12.1 Å². The molecule has 0 spiro atoms. The number of aromatic amines is 1. The van der Waals surface area contributed by atoms with E-state index in [4.69, 9.17) is 0 Å². The summed E-state index contributed by atoms with van der Waals surface area (Å²) in [6.07, 6.45) is 0.936. The molecule has 0 aromatic carbocycles. The first-order chi connectivity index (χ1) is 6.72. The molecule has 2 aromatic rings. The standard InChI is InChI=1S/C8H11N5O/c1-3-4-13-7-6(11-12-13)8(14)10-5(2)9-7/h3-4H2,1-2H3,(H,9,10,14). The molecule has 74 valence electrons. The predicted octanol–water partition coefficient (Wildman–Crippen LogP) is 0.233. The summed E-state index contributed by atoms with van der Waals surface area (Å²) in [5.41, 5.74) is 0.645. The molecular weight excluding hydrogens is 182 g/mol. The fraction of sp³-hybridized carbons (Fsp3) is 0.500. The molecule has 0 atom stereocenters. The SMILES string of the molecule is CCCn1nnc2c(=O)[nH]c(C)nc21. The maximum absolute atomic E-state index is 11.4. The molecule has 0 radical (unpaired) electrons. The van der Waals surface area contributed by atoms with Crippen molar-refractivity contribution in [3.8, 4) is 0 Å². The molecule has 0 amide bonds. The number of hydrogen-bond acceptors (Lipinski definition) is 4. The summed E-state index contributed by atoms with van der Waals surface area (Å²) in [5, 5.41) is 7.66. The van der Waals surface area contributed by atoms with Crippen LogP contribution in [-0.2, 0) is 6.54 Å². The molecule has 0 saturated carbocycles. The molecule has 0 aliphatic rings. The number of fused-ring (bicyclic) bond motifs is 1. The van der Waals surface area contributed by atoms with Gasteiger partial charge in [-0.15, -0.1) is 5.10 Å². The number of aromatic nitrogens is 5. The largest absolute Gasteiger partial charge is 0.309 e. The monoisotopic (exact) mass is 193 g/mol. The second-order valence-corrected chi connectivity index (χ2v) is 3.14. The number of nitrogens with zero attached hydrogens (tertiary/aromatic N) is 4. The van der Waals surface area contributed by atoms with Gasteiger partial charge in [0, 0.05) is 6.54 Å². The van der Waals surface area contributed by atoms with Gasteiger partial charge in [-0.3, -0.25) is 4.79 Å². The molecule has 0 unspecified atom stereocenters. The molecule has 0 bridgehead atoms. The van der Waals surface area contributed by atoms with Gasteiger partial charge in [0.05, 0.1) is 0 Å². The normalized spacial score (nSPS) is 11.0. The molecule has 1 N–H and O–H groups in total. The average molecular weight is 193 g/mol. The minimum Gasteiger partial charge on any atom is -0.309 e. The lowest BCUT2D eigenvalue weighted by molar-refractivity contribution is 0.591. The van der Waals surface area contributed by atoms with Crippen LogP contribution in [0.1, 0.15) is 19.2 Å². The lowest BCUT2D eigenvalue weighted by Crippen LogP contribution is -2.10. The Balaban J connectivity index is 2.72. The van der Waals surface area contributed by atoms with E-state index in [1.165, 1.54) is 0 Å². The summed E-state index contributed by atoms with van der Waals surface area (Å²) >= 11 is 0. The molecule has 0 aliphatic carbocycles. The fourth-order valence-electron chi connectivity index (χ4n) is 1.34. The Morgan fingerprint density at radius 2 is 2.29 bits per heavy atom. The van der Waals surface area contributed by atoms with Crippen LogP contribution in [0.3, 0.4) is 0 Å². The Hall–Kier alpha value is -1.72. The van der Waals surface area contributed by atoms with Crippen LogP contribution in [0.15, 0.2) is 4.79 Å². The maximum atomic E-state index is 11.4. The first kappa shape index (κ1) is 8.86. The van der Waals surface area contributed by atoms with E-state index in [1.807, 2.05) is 6.92 Å². The molecular formula is C8H11N5O. The Morgan fingerprint density at radius 3 is 3.00 bits per heavy atom. The minimum atomic E-state index is -0.227. The second kappa shape index (κ2) is 3.21. The van der Waals surface area contributed by atoms with Crippen molar-refractivity contribution < 1.29 is 0 Å². The van der Waals surface area contributed by atoms with Gasteiger partial charge in [-0.2, -0.15) is 0 Å². The van der Waals surface area contributed by atoms with Crippen LogP contribution >= 0.6 is 0 Å². The average Bonchev–Trinajstić information content (AvgIpc) is 2.49. The number of rotatable bonds is 2. The number of H-pyrrole nitrogens is 1. The zero-order valence-corrected chi connectivity index (χ0v) is 8.11. The van der Waals surface area contributed by atoms with Gasteiger partial charge in [-0.25, -0.2) is 9.67 Å². The van der Waals surface area contributed by atoms with Crippen LogP contribution in [0.2, 0.25) is 0 Å². The first-order valence-electron chi connectivity index (χ1n) is 4.52. The third-order valence-corrected chi connectivity index (χ3v) is 1.93. The summed E-state index contributed by atoms with van der Waals surface area (Å²) in [6, 6.07) is 0. The third kappa shape index (κ3) is 1.28. The summed E-state index contributed by atoms with van der Waals surface area (Å²) in [5.74, 6) is 0.585. The molecule has 0 aliphatic heterocycles. The van der Waals surface area contributed by atoms with Crippen LogP contribution in [-0.4, -0.2) is 25.0 Å². The Morgan fingerprint density at radius 1 is 1.50 bits per heavy atom.